The fourth-order valence-electron chi connectivity index (χ4n) is 5.71. The zero-order valence-electron chi connectivity index (χ0n) is 23.3. The van der Waals surface area contributed by atoms with Crippen molar-refractivity contribution in [1.82, 2.24) is 20.2 Å². The average molecular weight is 612 g/mol. The predicted octanol–water partition coefficient (Wildman–Crippen LogP) is 4.77. The monoisotopic (exact) mass is 611 g/mol. The van der Waals surface area contributed by atoms with E-state index < -0.39 is 61.8 Å². The van der Waals surface area contributed by atoms with Gasteiger partial charge in [-0.2, -0.15) is 22.0 Å². The van der Waals surface area contributed by atoms with Crippen LogP contribution in [0.25, 0.3) is 11.3 Å². The molecular formula is C27H30F5N5O4Si. The summed E-state index contributed by atoms with van der Waals surface area (Å²) >= 11 is 0. The Hall–Kier alpha value is -3.33. The fourth-order valence-corrected chi connectivity index (χ4v) is 6.47. The number of hydrogen-bond donors (Lipinski definition) is 1. The van der Waals surface area contributed by atoms with E-state index in [9.17, 15) is 31.5 Å². The molecule has 0 radical (unpaired) electrons. The van der Waals surface area contributed by atoms with Crippen LogP contribution in [0.1, 0.15) is 29.7 Å². The number of amides is 3. The van der Waals surface area contributed by atoms with E-state index in [4.69, 9.17) is 9.47 Å². The first-order chi connectivity index (χ1) is 19.6. The van der Waals surface area contributed by atoms with Crippen LogP contribution >= 0.6 is 0 Å². The van der Waals surface area contributed by atoms with Crippen LogP contribution < -0.4 is 15.0 Å². The molecule has 0 bridgehead atoms. The lowest BCUT2D eigenvalue weighted by atomic mass is 9.90. The molecule has 2 atom stereocenters. The summed E-state index contributed by atoms with van der Waals surface area (Å²) in [4.78, 5) is 36.3. The minimum atomic E-state index is -4.55. The van der Waals surface area contributed by atoms with Gasteiger partial charge in [-0.1, -0.05) is 31.8 Å². The number of anilines is 1. The second-order valence-electron chi connectivity index (χ2n) is 12.4. The SMILES string of the molecule is C[Si](C)(C)CCOCN1C(=O)NC2(COc3cc(-c4nc(N5CC[C@@H]5C(F)(F)F)nc5c4CCC5(F)F)ccc32)C1=O. The van der Waals surface area contributed by atoms with E-state index in [0.29, 0.717) is 17.7 Å². The number of urea groups is 1. The van der Waals surface area contributed by atoms with Gasteiger partial charge in [0.25, 0.3) is 11.8 Å². The summed E-state index contributed by atoms with van der Waals surface area (Å²) in [7, 11) is -1.37. The number of ether oxygens (including phenoxy) is 2. The van der Waals surface area contributed by atoms with Gasteiger partial charge >= 0.3 is 12.2 Å². The van der Waals surface area contributed by atoms with Crippen molar-refractivity contribution in [3.63, 3.8) is 0 Å². The molecule has 1 aromatic carbocycles. The Kier molecular flexibility index (Phi) is 6.57. The zero-order chi connectivity index (χ0) is 30.2. The maximum atomic E-state index is 14.8. The second kappa shape index (κ2) is 9.59. The Bertz CT molecular complexity index is 1470. The molecule has 0 saturated carbocycles. The lowest BCUT2D eigenvalue weighted by Gasteiger charge is -2.42. The van der Waals surface area contributed by atoms with Crippen LogP contribution in [-0.4, -0.2) is 73.6 Å². The number of rotatable bonds is 7. The number of imide groups is 1. The van der Waals surface area contributed by atoms with E-state index in [-0.39, 0.29) is 49.7 Å². The summed E-state index contributed by atoms with van der Waals surface area (Å²) in [6, 6.07) is 3.00. The van der Waals surface area contributed by atoms with Crippen molar-refractivity contribution in [2.45, 2.75) is 68.6 Å². The van der Waals surface area contributed by atoms with Crippen molar-refractivity contribution in [1.29, 1.82) is 0 Å². The van der Waals surface area contributed by atoms with Gasteiger partial charge in [0.1, 0.15) is 30.8 Å². The molecule has 1 unspecified atom stereocenters. The molecule has 2 fully saturated rings. The van der Waals surface area contributed by atoms with Crippen molar-refractivity contribution in [2.24, 2.45) is 0 Å². The van der Waals surface area contributed by atoms with Gasteiger partial charge in [0.05, 0.1) is 5.69 Å². The first-order valence-electron chi connectivity index (χ1n) is 13.7. The van der Waals surface area contributed by atoms with Crippen molar-refractivity contribution in [3.8, 4) is 17.0 Å². The number of carbonyl (C=O) groups excluding carboxylic acids is 2. The molecule has 2 saturated heterocycles. The smallest absolute Gasteiger partial charge is 0.408 e. The van der Waals surface area contributed by atoms with Crippen LogP contribution in [-0.2, 0) is 27.4 Å². The van der Waals surface area contributed by atoms with Gasteiger partial charge in [0.15, 0.2) is 5.54 Å². The molecule has 1 spiro atoms. The first-order valence-corrected chi connectivity index (χ1v) is 17.4. The predicted molar refractivity (Wildman–Crippen MR) is 143 cm³/mol. The van der Waals surface area contributed by atoms with E-state index in [0.717, 1.165) is 15.8 Å². The van der Waals surface area contributed by atoms with Gasteiger partial charge in [-0.25, -0.2) is 19.7 Å². The van der Waals surface area contributed by atoms with Crippen molar-refractivity contribution < 1.29 is 41.0 Å². The van der Waals surface area contributed by atoms with Gasteiger partial charge in [-0.05, 0) is 25.0 Å². The van der Waals surface area contributed by atoms with Crippen LogP contribution in [0, 0.1) is 0 Å². The minimum Gasteiger partial charge on any atom is -0.490 e. The van der Waals surface area contributed by atoms with E-state index in [2.05, 4.69) is 34.9 Å². The Morgan fingerprint density at radius 1 is 1.19 bits per heavy atom. The molecule has 4 heterocycles. The molecule has 1 aliphatic carbocycles. The topological polar surface area (TPSA) is 96.9 Å². The summed E-state index contributed by atoms with van der Waals surface area (Å²) in [5.74, 6) is -4.01. The Labute approximate surface area is 239 Å². The normalized spacial score (nSPS) is 24.5. The van der Waals surface area contributed by atoms with Crippen LogP contribution in [0.4, 0.5) is 32.7 Å². The maximum absolute atomic E-state index is 14.8. The average Bonchev–Trinajstić information content (AvgIpc) is 3.46. The fraction of sp³-hybridized carbons (Fsp3) is 0.556. The number of nitrogens with zero attached hydrogens (tertiary/aromatic N) is 4. The summed E-state index contributed by atoms with van der Waals surface area (Å²) in [5, 5.41) is 2.72. The molecule has 1 aromatic heterocycles. The van der Waals surface area contributed by atoms with Crippen LogP contribution in [0.15, 0.2) is 18.2 Å². The molecule has 15 heteroatoms. The lowest BCUT2D eigenvalue weighted by Crippen LogP contribution is -2.56. The lowest BCUT2D eigenvalue weighted by molar-refractivity contribution is -0.160. The minimum absolute atomic E-state index is 0.00996. The first kappa shape index (κ1) is 28.8. The van der Waals surface area contributed by atoms with Crippen molar-refractivity contribution in [2.75, 3.05) is 31.4 Å². The highest BCUT2D eigenvalue weighted by Gasteiger charge is 2.57. The van der Waals surface area contributed by atoms with Crippen LogP contribution in [0.5, 0.6) is 5.75 Å². The molecule has 42 heavy (non-hydrogen) atoms. The van der Waals surface area contributed by atoms with E-state index in [1.807, 2.05) is 0 Å². The standard InChI is InChI=1S/C27H30F5N5O4Si/c1-42(2,3)11-10-40-14-37-22(38)25(35-24(37)39)13-41-18-12-15(4-5-17(18)25)20-16-6-8-26(28,29)21(16)34-23(33-20)36-9-7-19(36)27(30,31)32/h4-5,12,19H,6-11,13-14H2,1-3H3,(H,35,39)/t19-,25?/m1/s1. The Balaban J connectivity index is 1.30. The largest absolute Gasteiger partial charge is 0.490 e. The van der Waals surface area contributed by atoms with Gasteiger partial charge in [0, 0.05) is 44.3 Å². The van der Waals surface area contributed by atoms with E-state index in [1.54, 1.807) is 12.1 Å². The number of hydrogen-bond acceptors (Lipinski definition) is 7. The van der Waals surface area contributed by atoms with Gasteiger partial charge < -0.3 is 19.7 Å². The third-order valence-corrected chi connectivity index (χ3v) is 9.94. The Morgan fingerprint density at radius 2 is 1.95 bits per heavy atom. The highest BCUT2D eigenvalue weighted by atomic mass is 28.3. The number of benzene rings is 1. The summed E-state index contributed by atoms with van der Waals surface area (Å²) in [5.41, 5.74) is -1.09. The number of halogens is 5. The number of fused-ring (bicyclic) bond motifs is 3. The highest BCUT2D eigenvalue weighted by molar-refractivity contribution is 6.76. The molecule has 226 valence electrons. The van der Waals surface area contributed by atoms with E-state index >= 15 is 0 Å². The molecule has 3 amide bonds. The summed E-state index contributed by atoms with van der Waals surface area (Å²) in [6.07, 6.45) is -5.31. The number of alkyl halides is 5. The zero-order valence-corrected chi connectivity index (χ0v) is 24.3. The highest BCUT2D eigenvalue weighted by Crippen LogP contribution is 2.48. The van der Waals surface area contributed by atoms with Gasteiger partial charge in [-0.3, -0.25) is 4.79 Å². The van der Waals surface area contributed by atoms with Crippen LogP contribution in [0.3, 0.4) is 0 Å². The quantitative estimate of drug-likeness (QED) is 0.209. The number of aromatic nitrogens is 2. The third-order valence-electron chi connectivity index (χ3n) is 8.24. The van der Waals surface area contributed by atoms with Crippen molar-refractivity contribution >= 4 is 26.0 Å². The number of carbonyl (C=O) groups is 2. The van der Waals surface area contributed by atoms with Crippen LogP contribution in [0.2, 0.25) is 25.7 Å². The van der Waals surface area contributed by atoms with E-state index in [1.165, 1.54) is 6.07 Å². The van der Waals surface area contributed by atoms with Gasteiger partial charge in [0.2, 0.25) is 5.95 Å². The molecule has 9 nitrogen and oxygen atoms in total. The molecule has 3 aliphatic heterocycles. The molecule has 6 rings (SSSR count). The second-order valence-corrected chi connectivity index (χ2v) is 18.0. The molecule has 2 aromatic rings. The third kappa shape index (κ3) is 4.70. The number of nitrogens with one attached hydrogen (secondary N) is 1. The summed E-state index contributed by atoms with van der Waals surface area (Å²) < 4.78 is 81.4. The summed E-state index contributed by atoms with van der Waals surface area (Å²) in [6.45, 7) is 6.58. The van der Waals surface area contributed by atoms with Crippen molar-refractivity contribution in [3.05, 3.63) is 35.0 Å². The van der Waals surface area contributed by atoms with Gasteiger partial charge in [-0.15, -0.1) is 0 Å². The Morgan fingerprint density at radius 3 is 2.62 bits per heavy atom. The molecule has 4 aliphatic rings. The molecular weight excluding hydrogens is 581 g/mol. The molecule has 1 N–H and O–H groups in total. The maximum Gasteiger partial charge on any atom is 0.408 e.